The van der Waals surface area contributed by atoms with E-state index in [1.165, 1.54) is 12.8 Å². The van der Waals surface area contributed by atoms with Crippen LogP contribution in [-0.2, 0) is 7.05 Å². The summed E-state index contributed by atoms with van der Waals surface area (Å²) in [5.74, 6) is 1.23. The minimum absolute atomic E-state index is 0.0110. The van der Waals surface area contributed by atoms with Crippen LogP contribution in [0.25, 0.3) is 0 Å². The molecule has 2 aliphatic rings. The summed E-state index contributed by atoms with van der Waals surface area (Å²) in [6.45, 7) is 2.98. The van der Waals surface area contributed by atoms with Crippen molar-refractivity contribution in [3.05, 3.63) is 16.4 Å². The lowest BCUT2D eigenvalue weighted by Gasteiger charge is -2.31. The number of hydrogen-bond donors (Lipinski definition) is 1. The summed E-state index contributed by atoms with van der Waals surface area (Å²) in [4.78, 5) is 17.0. The molecule has 110 valence electrons. The van der Waals surface area contributed by atoms with E-state index in [0.717, 1.165) is 32.5 Å². The van der Waals surface area contributed by atoms with Crippen LogP contribution in [-0.4, -0.2) is 40.2 Å². The average Bonchev–Trinajstić information content (AvgIpc) is 3.20. The first-order valence-electron chi connectivity index (χ1n) is 7.30. The molecule has 0 spiro atoms. The van der Waals surface area contributed by atoms with Gasteiger partial charge >= 0.3 is 5.82 Å². The van der Waals surface area contributed by atoms with Gasteiger partial charge in [-0.15, -0.1) is 0 Å². The molecule has 2 heterocycles. The van der Waals surface area contributed by atoms with Gasteiger partial charge in [-0.2, -0.15) is 0 Å². The summed E-state index contributed by atoms with van der Waals surface area (Å²) >= 11 is 0. The molecule has 3 rings (SSSR count). The van der Waals surface area contributed by atoms with Crippen molar-refractivity contribution in [2.45, 2.75) is 31.7 Å². The van der Waals surface area contributed by atoms with Crippen molar-refractivity contribution in [3.8, 4) is 0 Å². The van der Waals surface area contributed by atoms with Crippen LogP contribution in [0.5, 0.6) is 0 Å². The summed E-state index contributed by atoms with van der Waals surface area (Å²) in [6.07, 6.45) is 6.19. The third-order valence-corrected chi connectivity index (χ3v) is 4.17. The van der Waals surface area contributed by atoms with Crippen LogP contribution in [0.4, 0.5) is 11.6 Å². The van der Waals surface area contributed by atoms with Gasteiger partial charge in [-0.1, -0.05) is 0 Å². The van der Waals surface area contributed by atoms with Crippen LogP contribution < -0.4 is 10.2 Å². The van der Waals surface area contributed by atoms with Crippen LogP contribution in [0, 0.1) is 16.0 Å². The molecule has 1 aliphatic carbocycles. The first kappa shape index (κ1) is 13.4. The standard InChI is InChI=1S/C13H21N5O2/c1-16-9-15-12(18(19)20)13(16)17(11-4-5-11)8-10-3-2-6-14-7-10/h9-11,14H,2-8H2,1H3. The van der Waals surface area contributed by atoms with Crippen molar-refractivity contribution < 1.29 is 4.92 Å². The summed E-state index contributed by atoms with van der Waals surface area (Å²) in [5.41, 5.74) is 0. The second-order valence-electron chi connectivity index (χ2n) is 5.86. The Bertz CT molecular complexity index is 491. The topological polar surface area (TPSA) is 76.2 Å². The monoisotopic (exact) mass is 279 g/mol. The third-order valence-electron chi connectivity index (χ3n) is 4.17. The highest BCUT2D eigenvalue weighted by atomic mass is 16.6. The van der Waals surface area contributed by atoms with Gasteiger partial charge in [0.15, 0.2) is 0 Å². The normalized spacial score (nSPS) is 22.8. The SMILES string of the molecule is Cn1cnc([N+](=O)[O-])c1N(CC1CCCNC1)C1CC1. The van der Waals surface area contributed by atoms with Crippen LogP contribution >= 0.6 is 0 Å². The molecule has 1 aromatic heterocycles. The molecule has 0 bridgehead atoms. The molecule has 20 heavy (non-hydrogen) atoms. The summed E-state index contributed by atoms with van der Waals surface area (Å²) in [6, 6.07) is 0.450. The molecule has 1 aromatic rings. The fraction of sp³-hybridized carbons (Fsp3) is 0.769. The van der Waals surface area contributed by atoms with Crippen LogP contribution in [0.2, 0.25) is 0 Å². The smallest absolute Gasteiger partial charge is 0.358 e. The van der Waals surface area contributed by atoms with E-state index in [1.807, 2.05) is 7.05 Å². The van der Waals surface area contributed by atoms with Gasteiger partial charge < -0.3 is 20.3 Å². The van der Waals surface area contributed by atoms with Gasteiger partial charge in [-0.25, -0.2) is 0 Å². The van der Waals surface area contributed by atoms with E-state index in [2.05, 4.69) is 15.2 Å². The highest BCUT2D eigenvalue weighted by Gasteiger charge is 2.37. The van der Waals surface area contributed by atoms with E-state index in [-0.39, 0.29) is 10.7 Å². The average molecular weight is 279 g/mol. The van der Waals surface area contributed by atoms with E-state index in [0.29, 0.717) is 17.8 Å². The van der Waals surface area contributed by atoms with Crippen molar-refractivity contribution in [3.63, 3.8) is 0 Å². The molecule has 7 heteroatoms. The van der Waals surface area contributed by atoms with Crippen molar-refractivity contribution in [1.29, 1.82) is 0 Å². The van der Waals surface area contributed by atoms with Crippen LogP contribution in [0.15, 0.2) is 6.33 Å². The molecular formula is C13H21N5O2. The predicted molar refractivity (Wildman–Crippen MR) is 75.8 cm³/mol. The number of hydrogen-bond acceptors (Lipinski definition) is 5. The second kappa shape index (κ2) is 5.40. The highest BCUT2D eigenvalue weighted by Crippen LogP contribution is 2.37. The molecule has 0 amide bonds. The Morgan fingerprint density at radius 2 is 2.35 bits per heavy atom. The first-order chi connectivity index (χ1) is 9.66. The lowest BCUT2D eigenvalue weighted by molar-refractivity contribution is -0.388. The number of piperidine rings is 1. The van der Waals surface area contributed by atoms with Gasteiger partial charge in [0.2, 0.25) is 12.1 Å². The molecule has 1 aliphatic heterocycles. The van der Waals surface area contributed by atoms with E-state index < -0.39 is 0 Å². The number of nitrogens with one attached hydrogen (secondary N) is 1. The highest BCUT2D eigenvalue weighted by molar-refractivity contribution is 5.56. The Kier molecular flexibility index (Phi) is 3.60. The largest absolute Gasteiger partial charge is 0.406 e. The minimum Gasteiger partial charge on any atom is -0.358 e. The molecular weight excluding hydrogens is 258 g/mol. The minimum atomic E-state index is -0.371. The van der Waals surface area contributed by atoms with Crippen molar-refractivity contribution >= 4 is 11.6 Å². The maximum Gasteiger partial charge on any atom is 0.406 e. The predicted octanol–water partition coefficient (Wildman–Crippen LogP) is 1.30. The Morgan fingerprint density at radius 1 is 1.55 bits per heavy atom. The zero-order valence-corrected chi connectivity index (χ0v) is 11.8. The lowest BCUT2D eigenvalue weighted by Crippen LogP contribution is -2.40. The lowest BCUT2D eigenvalue weighted by atomic mass is 9.99. The van der Waals surface area contributed by atoms with Crippen LogP contribution in [0.3, 0.4) is 0 Å². The van der Waals surface area contributed by atoms with Crippen molar-refractivity contribution in [2.24, 2.45) is 13.0 Å². The maximum absolute atomic E-state index is 11.2. The molecule has 1 unspecified atom stereocenters. The van der Waals surface area contributed by atoms with Crippen LogP contribution in [0.1, 0.15) is 25.7 Å². The Balaban J connectivity index is 1.83. The number of imidazole rings is 1. The second-order valence-corrected chi connectivity index (χ2v) is 5.86. The van der Waals surface area contributed by atoms with E-state index in [4.69, 9.17) is 0 Å². The quantitative estimate of drug-likeness (QED) is 0.649. The fourth-order valence-corrected chi connectivity index (χ4v) is 3.02. The van der Waals surface area contributed by atoms with Gasteiger partial charge in [-0.3, -0.25) is 4.57 Å². The maximum atomic E-state index is 11.2. The van der Waals surface area contributed by atoms with Crippen molar-refractivity contribution in [1.82, 2.24) is 14.9 Å². The Hall–Kier alpha value is -1.63. The van der Waals surface area contributed by atoms with Gasteiger partial charge in [0.1, 0.15) is 0 Å². The molecule has 7 nitrogen and oxygen atoms in total. The molecule has 0 radical (unpaired) electrons. The van der Waals surface area contributed by atoms with E-state index in [1.54, 1.807) is 10.9 Å². The zero-order chi connectivity index (χ0) is 14.1. The summed E-state index contributed by atoms with van der Waals surface area (Å²) in [7, 11) is 1.84. The number of anilines is 1. The molecule has 1 saturated heterocycles. The Labute approximate surface area is 118 Å². The van der Waals surface area contributed by atoms with Gasteiger partial charge in [0, 0.05) is 19.6 Å². The molecule has 1 saturated carbocycles. The van der Waals surface area contributed by atoms with E-state index >= 15 is 0 Å². The first-order valence-corrected chi connectivity index (χ1v) is 7.30. The van der Waals surface area contributed by atoms with Gasteiger partial charge in [0.05, 0.1) is 0 Å². The number of aryl methyl sites for hydroxylation is 1. The number of nitro groups is 1. The summed E-state index contributed by atoms with van der Waals surface area (Å²) < 4.78 is 1.78. The number of nitrogens with zero attached hydrogens (tertiary/aromatic N) is 4. The third kappa shape index (κ3) is 2.63. The molecule has 2 fully saturated rings. The summed E-state index contributed by atoms with van der Waals surface area (Å²) in [5, 5.41) is 14.6. The van der Waals surface area contributed by atoms with Crippen molar-refractivity contribution in [2.75, 3.05) is 24.5 Å². The van der Waals surface area contributed by atoms with E-state index in [9.17, 15) is 10.1 Å². The fourth-order valence-electron chi connectivity index (χ4n) is 3.02. The molecule has 1 atom stereocenters. The molecule has 1 N–H and O–H groups in total. The Morgan fingerprint density at radius 3 is 2.95 bits per heavy atom. The number of rotatable bonds is 5. The number of aromatic nitrogens is 2. The van der Waals surface area contributed by atoms with Gasteiger partial charge in [0.25, 0.3) is 0 Å². The van der Waals surface area contributed by atoms with Gasteiger partial charge in [-0.05, 0) is 54.6 Å². The zero-order valence-electron chi connectivity index (χ0n) is 11.8. The molecule has 0 aromatic carbocycles.